The number of aliphatic hydroxyl groups is 1. The predicted octanol–water partition coefficient (Wildman–Crippen LogP) is 3.93. The number of carbonyl (C=O) groups excluding carboxylic acids is 1. The molecule has 0 aromatic carbocycles. The number of amides is 1. The van der Waals surface area contributed by atoms with Crippen LogP contribution in [0.2, 0.25) is 0 Å². The number of carbonyl (C=O) groups is 1. The maximum atomic E-state index is 13.5. The van der Waals surface area contributed by atoms with E-state index in [2.05, 4.69) is 20.2 Å². The molecule has 2 N–H and O–H groups in total. The summed E-state index contributed by atoms with van der Waals surface area (Å²) >= 11 is 0. The summed E-state index contributed by atoms with van der Waals surface area (Å²) in [6.07, 6.45) is 2.01. The van der Waals surface area contributed by atoms with E-state index in [9.17, 15) is 18.0 Å². The molecule has 2 saturated heterocycles. The summed E-state index contributed by atoms with van der Waals surface area (Å²) in [7, 11) is 0. The first-order chi connectivity index (χ1) is 15.8. The normalized spacial score (nSPS) is 17.9. The molecule has 0 unspecified atom stereocenters. The first-order valence-corrected chi connectivity index (χ1v) is 11.3. The van der Waals surface area contributed by atoms with Crippen molar-refractivity contribution in [3.63, 3.8) is 0 Å². The van der Waals surface area contributed by atoms with E-state index < -0.39 is 23.5 Å². The molecule has 4 rings (SSSR count). The molecule has 2 fully saturated rings. The summed E-state index contributed by atoms with van der Waals surface area (Å²) < 4.78 is 45.8. The van der Waals surface area contributed by atoms with Gasteiger partial charge < -0.3 is 24.6 Å². The first-order valence-electron chi connectivity index (χ1n) is 11.3. The highest BCUT2D eigenvalue weighted by Crippen LogP contribution is 2.35. The number of aromatic nitrogens is 2. The molecule has 2 aromatic heterocycles. The smallest absolute Gasteiger partial charge is 0.417 e. The lowest BCUT2D eigenvalue weighted by Crippen LogP contribution is -2.34. The molecule has 1 amide bonds. The van der Waals surface area contributed by atoms with Crippen molar-refractivity contribution >= 4 is 23.4 Å². The van der Waals surface area contributed by atoms with Crippen LogP contribution < -0.4 is 15.1 Å². The van der Waals surface area contributed by atoms with Gasteiger partial charge in [0.2, 0.25) is 5.76 Å². The fourth-order valence-corrected chi connectivity index (χ4v) is 4.34. The van der Waals surface area contributed by atoms with Crippen LogP contribution in [0.4, 0.5) is 30.7 Å². The van der Waals surface area contributed by atoms with Crippen LogP contribution in [0, 0.1) is 5.92 Å². The Morgan fingerprint density at radius 3 is 2.45 bits per heavy atom. The molecule has 4 heterocycles. The molecule has 0 spiro atoms. The highest BCUT2D eigenvalue weighted by atomic mass is 19.4. The molecule has 0 radical (unpaired) electrons. The Morgan fingerprint density at radius 2 is 1.85 bits per heavy atom. The van der Waals surface area contributed by atoms with Crippen molar-refractivity contribution in [2.24, 2.45) is 5.92 Å². The summed E-state index contributed by atoms with van der Waals surface area (Å²) in [6.45, 7) is 2.91. The van der Waals surface area contributed by atoms with Crippen LogP contribution in [0.3, 0.4) is 0 Å². The average molecular weight is 467 g/mol. The number of hydrogen-bond acceptors (Lipinski definition) is 7. The highest BCUT2D eigenvalue weighted by Gasteiger charge is 2.42. The summed E-state index contributed by atoms with van der Waals surface area (Å²) in [5.74, 6) is -0.626. The Kier molecular flexibility index (Phi) is 7.06. The quantitative estimate of drug-likeness (QED) is 0.665. The van der Waals surface area contributed by atoms with Gasteiger partial charge in [-0.25, -0.2) is 4.98 Å². The first kappa shape index (κ1) is 23.3. The van der Waals surface area contributed by atoms with Crippen molar-refractivity contribution in [1.82, 2.24) is 9.97 Å². The number of rotatable bonds is 6. The van der Waals surface area contributed by atoms with Crippen molar-refractivity contribution in [3.05, 3.63) is 29.8 Å². The number of halogens is 3. The van der Waals surface area contributed by atoms with E-state index in [4.69, 9.17) is 9.52 Å². The summed E-state index contributed by atoms with van der Waals surface area (Å²) in [5, 5.41) is 11.5. The summed E-state index contributed by atoms with van der Waals surface area (Å²) in [5.41, 5.74) is -1.06. The fourth-order valence-electron chi connectivity index (χ4n) is 4.34. The number of piperidine rings is 2. The molecule has 0 saturated carbocycles. The number of aliphatic hydroxyl groups excluding tert-OH is 1. The van der Waals surface area contributed by atoms with Crippen molar-refractivity contribution in [2.75, 3.05) is 47.9 Å². The lowest BCUT2D eigenvalue weighted by molar-refractivity contribution is -0.141. The van der Waals surface area contributed by atoms with E-state index >= 15 is 0 Å². The monoisotopic (exact) mass is 467 g/mol. The molecule has 8 nitrogen and oxygen atoms in total. The Balaban J connectivity index is 1.44. The molecule has 0 aliphatic carbocycles. The Hall–Kier alpha value is -2.82. The second kappa shape index (κ2) is 9.98. The largest absolute Gasteiger partial charge is 0.437 e. The molecule has 180 valence electrons. The second-order valence-corrected chi connectivity index (χ2v) is 8.52. The zero-order chi connectivity index (χ0) is 23.4. The molecule has 33 heavy (non-hydrogen) atoms. The number of anilines is 3. The number of alkyl halides is 3. The standard InChI is InChI=1S/C22H28F3N5O3/c23-22(24,25)19-18(33-21(28-19)30-9-2-1-3-10-30)20(32)27-16-4-5-17(26-14-16)29-11-6-15(7-12-29)8-13-31/h4-5,14-15,31H,1-3,6-13H2,(H,27,32). The molecule has 11 heteroatoms. The van der Waals surface area contributed by atoms with Gasteiger partial charge in [0.15, 0.2) is 5.69 Å². The minimum absolute atomic E-state index is 0.176. The number of oxazole rings is 1. The SMILES string of the molecule is O=C(Nc1ccc(N2CCC(CCO)CC2)nc1)c1oc(N2CCCCC2)nc1C(F)(F)F. The van der Waals surface area contributed by atoms with Crippen LogP contribution >= 0.6 is 0 Å². The third kappa shape index (κ3) is 5.58. The molecular weight excluding hydrogens is 439 g/mol. The zero-order valence-corrected chi connectivity index (χ0v) is 18.3. The van der Waals surface area contributed by atoms with Gasteiger partial charge in [-0.05, 0) is 56.6 Å². The van der Waals surface area contributed by atoms with Gasteiger partial charge in [0.05, 0.1) is 11.9 Å². The predicted molar refractivity (Wildman–Crippen MR) is 116 cm³/mol. The van der Waals surface area contributed by atoms with Crippen LogP contribution in [0.25, 0.3) is 0 Å². The minimum Gasteiger partial charge on any atom is -0.417 e. The van der Waals surface area contributed by atoms with E-state index in [1.807, 2.05) is 0 Å². The van der Waals surface area contributed by atoms with Gasteiger partial charge in [0, 0.05) is 32.8 Å². The third-order valence-corrected chi connectivity index (χ3v) is 6.20. The van der Waals surface area contributed by atoms with Crippen LogP contribution in [0.5, 0.6) is 0 Å². The molecule has 2 aliphatic rings. The van der Waals surface area contributed by atoms with Crippen LogP contribution in [-0.4, -0.2) is 53.8 Å². The van der Waals surface area contributed by atoms with Crippen molar-refractivity contribution in [1.29, 1.82) is 0 Å². The van der Waals surface area contributed by atoms with Gasteiger partial charge in [-0.3, -0.25) is 4.79 Å². The molecular formula is C22H28F3N5O3. The van der Waals surface area contributed by atoms with Gasteiger partial charge in [0.1, 0.15) is 5.82 Å². The number of pyridine rings is 1. The Labute approximate surface area is 189 Å². The number of nitrogens with zero attached hydrogens (tertiary/aromatic N) is 4. The minimum atomic E-state index is -4.81. The van der Waals surface area contributed by atoms with Crippen molar-refractivity contribution in [3.8, 4) is 0 Å². The van der Waals surface area contributed by atoms with E-state index in [1.54, 1.807) is 17.0 Å². The molecule has 0 bridgehead atoms. The topological polar surface area (TPSA) is 94.7 Å². The maximum Gasteiger partial charge on any atom is 0.437 e. The van der Waals surface area contributed by atoms with E-state index in [1.165, 1.54) is 6.20 Å². The molecule has 2 aromatic rings. The fraction of sp³-hybridized carbons (Fsp3) is 0.591. The van der Waals surface area contributed by atoms with E-state index in [0.717, 1.165) is 57.4 Å². The zero-order valence-electron chi connectivity index (χ0n) is 18.3. The van der Waals surface area contributed by atoms with Crippen LogP contribution in [0.1, 0.15) is 54.8 Å². The number of hydrogen-bond donors (Lipinski definition) is 2. The number of nitrogens with one attached hydrogen (secondary N) is 1. The van der Waals surface area contributed by atoms with Crippen molar-refractivity contribution < 1.29 is 27.5 Å². The lowest BCUT2D eigenvalue weighted by atomic mass is 9.94. The van der Waals surface area contributed by atoms with E-state index in [-0.39, 0.29) is 18.3 Å². The second-order valence-electron chi connectivity index (χ2n) is 8.52. The van der Waals surface area contributed by atoms with Gasteiger partial charge in [0.25, 0.3) is 11.9 Å². The summed E-state index contributed by atoms with van der Waals surface area (Å²) in [4.78, 5) is 24.3. The van der Waals surface area contributed by atoms with Crippen molar-refractivity contribution in [2.45, 2.75) is 44.7 Å². The van der Waals surface area contributed by atoms with Crippen LogP contribution in [0.15, 0.2) is 22.7 Å². The molecule has 2 aliphatic heterocycles. The Bertz CT molecular complexity index is 934. The average Bonchev–Trinajstić information content (AvgIpc) is 3.28. The maximum absolute atomic E-state index is 13.5. The van der Waals surface area contributed by atoms with E-state index in [0.29, 0.717) is 19.0 Å². The van der Waals surface area contributed by atoms with Crippen LogP contribution in [-0.2, 0) is 6.18 Å². The van der Waals surface area contributed by atoms with Gasteiger partial charge >= 0.3 is 6.18 Å². The lowest BCUT2D eigenvalue weighted by Gasteiger charge is -2.32. The summed E-state index contributed by atoms with van der Waals surface area (Å²) in [6, 6.07) is 3.16. The van der Waals surface area contributed by atoms with Gasteiger partial charge in [-0.15, -0.1) is 0 Å². The Morgan fingerprint density at radius 1 is 1.12 bits per heavy atom. The molecule has 0 atom stereocenters. The highest BCUT2D eigenvalue weighted by molar-refractivity contribution is 6.03. The third-order valence-electron chi connectivity index (χ3n) is 6.20. The van der Waals surface area contributed by atoms with Gasteiger partial charge in [-0.1, -0.05) is 0 Å². The van der Waals surface area contributed by atoms with Gasteiger partial charge in [-0.2, -0.15) is 18.2 Å².